The molecule has 10 heteroatoms. The summed E-state index contributed by atoms with van der Waals surface area (Å²) in [7, 11) is 0. The van der Waals surface area contributed by atoms with Crippen LogP contribution >= 0.6 is 23.8 Å². The predicted molar refractivity (Wildman–Crippen MR) is 84.2 cm³/mol. The molecule has 0 unspecified atom stereocenters. The molecule has 24 heavy (non-hydrogen) atoms. The van der Waals surface area contributed by atoms with Gasteiger partial charge in [-0.05, 0) is 36.8 Å². The second-order valence-corrected chi connectivity index (χ2v) is 5.97. The molecular weight excluding hydrogens is 369 g/mol. The first-order chi connectivity index (χ1) is 11.1. The summed E-state index contributed by atoms with van der Waals surface area (Å²) in [6.07, 6.45) is -5.17. The van der Waals surface area contributed by atoms with Crippen molar-refractivity contribution in [2.75, 3.05) is 6.61 Å². The summed E-state index contributed by atoms with van der Waals surface area (Å²) < 4.78 is 45.2. The first kappa shape index (κ1) is 18.8. The van der Waals surface area contributed by atoms with Gasteiger partial charge in [0.1, 0.15) is 5.92 Å². The largest absolute Gasteiger partial charge is 0.466 e. The van der Waals surface area contributed by atoms with Crippen LogP contribution in [0.5, 0.6) is 0 Å². The molecule has 0 radical (unpaired) electrons. The fourth-order valence-electron chi connectivity index (χ4n) is 2.48. The molecule has 0 aliphatic carbocycles. The topological polar surface area (TPSA) is 70.6 Å². The number of benzene rings is 1. The van der Waals surface area contributed by atoms with Crippen molar-refractivity contribution < 1.29 is 27.8 Å². The summed E-state index contributed by atoms with van der Waals surface area (Å²) in [6, 6.07) is 4.55. The Balaban J connectivity index is 2.55. The predicted octanol–water partition coefficient (Wildman–Crippen LogP) is 2.29. The lowest BCUT2D eigenvalue weighted by molar-refractivity contribution is -0.292. The Kier molecular flexibility index (Phi) is 5.26. The van der Waals surface area contributed by atoms with Gasteiger partial charge in [0, 0.05) is 5.02 Å². The quantitative estimate of drug-likeness (QED) is 0.550. The third-order valence-corrected chi connectivity index (χ3v) is 4.05. The minimum atomic E-state index is -5.17. The first-order valence-corrected chi connectivity index (χ1v) is 7.68. The molecule has 0 aromatic heterocycles. The van der Waals surface area contributed by atoms with Crippen molar-refractivity contribution in [1.82, 2.24) is 10.6 Å². The summed E-state index contributed by atoms with van der Waals surface area (Å²) >= 11 is 10.5. The molecule has 3 atom stereocenters. The van der Waals surface area contributed by atoms with Crippen LogP contribution in [-0.2, 0) is 9.53 Å². The van der Waals surface area contributed by atoms with Crippen LogP contribution in [0.4, 0.5) is 13.2 Å². The molecule has 5 nitrogen and oxygen atoms in total. The van der Waals surface area contributed by atoms with Gasteiger partial charge in [-0.15, -0.1) is 0 Å². The van der Waals surface area contributed by atoms with E-state index in [4.69, 9.17) is 28.6 Å². The lowest BCUT2D eigenvalue weighted by Gasteiger charge is -2.45. The van der Waals surface area contributed by atoms with Gasteiger partial charge in [-0.2, -0.15) is 13.2 Å². The van der Waals surface area contributed by atoms with Crippen molar-refractivity contribution in [3.05, 3.63) is 34.9 Å². The summed E-state index contributed by atoms with van der Waals surface area (Å²) in [6.45, 7) is 1.32. The summed E-state index contributed by atoms with van der Waals surface area (Å²) in [5.41, 5.74) is -3.27. The number of carbonyl (C=O) groups is 1. The van der Waals surface area contributed by atoms with E-state index in [2.05, 4.69) is 5.32 Å². The van der Waals surface area contributed by atoms with Crippen LogP contribution in [0.25, 0.3) is 0 Å². The van der Waals surface area contributed by atoms with Crippen LogP contribution in [0.2, 0.25) is 5.02 Å². The highest BCUT2D eigenvalue weighted by molar-refractivity contribution is 7.80. The molecule has 0 amide bonds. The zero-order valence-electron chi connectivity index (χ0n) is 12.4. The van der Waals surface area contributed by atoms with Crippen molar-refractivity contribution in [3.63, 3.8) is 0 Å². The van der Waals surface area contributed by atoms with Gasteiger partial charge < -0.3 is 20.5 Å². The van der Waals surface area contributed by atoms with E-state index in [0.29, 0.717) is 10.6 Å². The molecule has 0 spiro atoms. The number of hydrogen-bond donors (Lipinski definition) is 3. The molecule has 0 saturated carbocycles. The van der Waals surface area contributed by atoms with E-state index >= 15 is 0 Å². The van der Waals surface area contributed by atoms with Crippen molar-refractivity contribution in [2.24, 2.45) is 5.92 Å². The number of alkyl halides is 3. The lowest BCUT2D eigenvalue weighted by atomic mass is 9.82. The van der Waals surface area contributed by atoms with Gasteiger partial charge in [0.05, 0.1) is 12.6 Å². The monoisotopic (exact) mass is 382 g/mol. The number of halogens is 4. The Bertz CT molecular complexity index is 641. The normalized spacial score (nSPS) is 27.2. The number of rotatable bonds is 3. The van der Waals surface area contributed by atoms with E-state index in [1.807, 2.05) is 0 Å². The fourth-order valence-corrected chi connectivity index (χ4v) is 2.89. The van der Waals surface area contributed by atoms with E-state index in [0.717, 1.165) is 0 Å². The molecule has 1 aromatic carbocycles. The molecule has 1 fully saturated rings. The molecule has 3 N–H and O–H groups in total. The third kappa shape index (κ3) is 3.42. The van der Waals surface area contributed by atoms with E-state index in [9.17, 15) is 23.1 Å². The van der Waals surface area contributed by atoms with Crippen LogP contribution in [0, 0.1) is 5.92 Å². The SMILES string of the molecule is CCOC(=O)[C@@H]1[C@H](c2ccc(Cl)cc2)NC(=S)N[C@@]1(O)C(F)(F)F. The van der Waals surface area contributed by atoms with Crippen LogP contribution in [0.1, 0.15) is 18.5 Å². The van der Waals surface area contributed by atoms with E-state index in [1.165, 1.54) is 31.2 Å². The maximum absolute atomic E-state index is 13.5. The fraction of sp³-hybridized carbons (Fsp3) is 0.429. The average Bonchev–Trinajstić information content (AvgIpc) is 2.46. The average molecular weight is 383 g/mol. The molecule has 132 valence electrons. The molecule has 1 aromatic rings. The number of thiocarbonyl (C=S) groups is 1. The smallest absolute Gasteiger partial charge is 0.437 e. The number of hydrogen-bond acceptors (Lipinski definition) is 4. The maximum Gasteiger partial charge on any atom is 0.437 e. The van der Waals surface area contributed by atoms with E-state index in [-0.39, 0.29) is 6.61 Å². The van der Waals surface area contributed by atoms with Crippen LogP contribution in [0.15, 0.2) is 24.3 Å². The van der Waals surface area contributed by atoms with Crippen LogP contribution in [-0.4, -0.2) is 34.7 Å². The first-order valence-electron chi connectivity index (χ1n) is 6.90. The van der Waals surface area contributed by atoms with E-state index < -0.39 is 34.9 Å². The van der Waals surface area contributed by atoms with E-state index in [1.54, 1.807) is 5.32 Å². The summed E-state index contributed by atoms with van der Waals surface area (Å²) in [4.78, 5) is 12.2. The van der Waals surface area contributed by atoms with Crippen molar-refractivity contribution in [1.29, 1.82) is 0 Å². The number of aliphatic hydroxyl groups is 1. The Morgan fingerprint density at radius 1 is 1.42 bits per heavy atom. The Morgan fingerprint density at radius 2 is 2.00 bits per heavy atom. The molecule has 1 aliphatic heterocycles. The highest BCUT2D eigenvalue weighted by atomic mass is 35.5. The van der Waals surface area contributed by atoms with Crippen molar-refractivity contribution >= 4 is 34.9 Å². The minimum Gasteiger partial charge on any atom is -0.466 e. The minimum absolute atomic E-state index is 0.138. The molecular formula is C14H14ClF3N2O3S. The summed E-state index contributed by atoms with van der Waals surface area (Å²) in [5.74, 6) is -3.22. The van der Waals surface area contributed by atoms with Crippen molar-refractivity contribution in [3.8, 4) is 0 Å². The Morgan fingerprint density at radius 3 is 2.50 bits per heavy atom. The number of carbonyl (C=O) groups excluding carboxylic acids is 1. The standard InChI is InChI=1S/C14H14ClF3N2O3S/c1-2-23-11(21)9-10(7-3-5-8(15)6-4-7)19-12(24)20-13(9,22)14(16,17)18/h3-6,9-10,22H,2H2,1H3,(H2,19,20,24)/t9-,10-,13-/m0/s1. The second-order valence-electron chi connectivity index (χ2n) is 5.12. The zero-order chi connectivity index (χ0) is 18.1. The zero-order valence-corrected chi connectivity index (χ0v) is 13.9. The number of nitrogens with one attached hydrogen (secondary N) is 2. The Labute approximate surface area is 146 Å². The molecule has 1 saturated heterocycles. The van der Waals surface area contributed by atoms with Gasteiger partial charge in [0.2, 0.25) is 0 Å². The van der Waals surface area contributed by atoms with Gasteiger partial charge in [-0.3, -0.25) is 4.79 Å². The molecule has 1 aliphatic rings. The van der Waals surface area contributed by atoms with Gasteiger partial charge >= 0.3 is 12.1 Å². The van der Waals surface area contributed by atoms with Gasteiger partial charge in [-0.1, -0.05) is 23.7 Å². The van der Waals surface area contributed by atoms with Gasteiger partial charge in [0.15, 0.2) is 5.11 Å². The molecule has 1 heterocycles. The van der Waals surface area contributed by atoms with Crippen molar-refractivity contribution in [2.45, 2.75) is 24.9 Å². The summed E-state index contributed by atoms with van der Waals surface area (Å²) in [5, 5.41) is 14.5. The Hall–Kier alpha value is -1.58. The lowest BCUT2D eigenvalue weighted by Crippen LogP contribution is -2.73. The number of ether oxygens (including phenoxy) is 1. The van der Waals surface area contributed by atoms with Gasteiger partial charge in [0.25, 0.3) is 5.72 Å². The van der Waals surface area contributed by atoms with Crippen LogP contribution in [0.3, 0.4) is 0 Å². The second kappa shape index (κ2) is 6.73. The number of esters is 1. The van der Waals surface area contributed by atoms with Crippen LogP contribution < -0.4 is 10.6 Å². The molecule has 0 bridgehead atoms. The third-order valence-electron chi connectivity index (χ3n) is 3.58. The maximum atomic E-state index is 13.5. The highest BCUT2D eigenvalue weighted by Crippen LogP contribution is 2.43. The van der Waals surface area contributed by atoms with Gasteiger partial charge in [-0.25, -0.2) is 0 Å². The highest BCUT2D eigenvalue weighted by Gasteiger charge is 2.66. The molecule has 2 rings (SSSR count).